The van der Waals surface area contributed by atoms with Gasteiger partial charge in [-0.15, -0.1) is 0 Å². The average Bonchev–Trinajstić information content (AvgIpc) is 2.89. The molecule has 4 rings (SSSR count). The Kier molecular flexibility index (Phi) is 9.50. The van der Waals surface area contributed by atoms with Crippen molar-refractivity contribution in [3.8, 4) is 22.8 Å². The third-order valence-corrected chi connectivity index (χ3v) is 6.45. The number of carbonyl (C=O) groups is 1. The minimum Gasteiger partial charge on any atom is -0.494 e. The van der Waals surface area contributed by atoms with Gasteiger partial charge in [0.05, 0.1) is 18.7 Å². The third kappa shape index (κ3) is 7.65. The summed E-state index contributed by atoms with van der Waals surface area (Å²) < 4.78 is 25.2. The molecular weight excluding hydrogens is 457 g/mol. The molecule has 6 nitrogen and oxygen atoms in total. The molecule has 1 aliphatic heterocycles. The lowest BCUT2D eigenvalue weighted by molar-refractivity contribution is -0.120. The number of halogens is 1. The number of hydrogen-bond acceptors (Lipinski definition) is 5. The number of ether oxygens (including phenoxy) is 2. The van der Waals surface area contributed by atoms with Gasteiger partial charge in [-0.2, -0.15) is 0 Å². The Balaban J connectivity index is 1.43. The molecule has 1 aliphatic carbocycles. The van der Waals surface area contributed by atoms with Gasteiger partial charge in [-0.05, 0) is 80.8 Å². The first-order valence-corrected chi connectivity index (χ1v) is 13.0. The molecule has 192 valence electrons. The van der Waals surface area contributed by atoms with E-state index in [-0.39, 0.29) is 18.2 Å². The molecule has 0 spiro atoms. The van der Waals surface area contributed by atoms with E-state index in [0.717, 1.165) is 42.1 Å². The van der Waals surface area contributed by atoms with Crippen LogP contribution in [0.1, 0.15) is 44.7 Å². The van der Waals surface area contributed by atoms with Crippen LogP contribution in [-0.4, -0.2) is 55.2 Å². The predicted octanol–water partition coefficient (Wildman–Crippen LogP) is 5.24. The van der Waals surface area contributed by atoms with E-state index in [0.29, 0.717) is 44.2 Å². The smallest absolute Gasteiger partial charge is 0.226 e. The van der Waals surface area contributed by atoms with Gasteiger partial charge in [-0.3, -0.25) is 9.69 Å². The molecule has 0 unspecified atom stereocenters. The van der Waals surface area contributed by atoms with Gasteiger partial charge >= 0.3 is 0 Å². The molecule has 1 aromatic carbocycles. The zero-order valence-electron chi connectivity index (χ0n) is 21.1. The number of rotatable bonds is 11. The number of nitrogens with zero attached hydrogens (tertiary/aromatic N) is 2. The maximum absolute atomic E-state index is 13.5. The molecule has 0 bridgehead atoms. The molecule has 36 heavy (non-hydrogen) atoms. The zero-order valence-corrected chi connectivity index (χ0v) is 21.1. The van der Waals surface area contributed by atoms with Crippen molar-refractivity contribution in [3.63, 3.8) is 0 Å². The van der Waals surface area contributed by atoms with Gasteiger partial charge in [-0.1, -0.05) is 24.6 Å². The highest BCUT2D eigenvalue weighted by atomic mass is 19.1. The number of carbonyl (C=O) groups excluding carboxylic acids is 1. The number of amides is 1. The molecule has 0 atom stereocenters. The van der Waals surface area contributed by atoms with E-state index >= 15 is 0 Å². The minimum absolute atomic E-state index is 0.130. The van der Waals surface area contributed by atoms with Gasteiger partial charge in [-0.25, -0.2) is 9.37 Å². The average molecular weight is 494 g/mol. The number of allylic oxidation sites excluding steroid dienone is 2. The van der Waals surface area contributed by atoms with Crippen LogP contribution in [0.15, 0.2) is 60.0 Å². The SMILES string of the molecule is CCOc1ccc(-c2ccc(CC(=O)NCC3=CCCC(F)=C3)nc2OCCN2CCCCC2)cc1. The van der Waals surface area contributed by atoms with Crippen LogP contribution in [0.25, 0.3) is 11.1 Å². The molecule has 0 saturated carbocycles. The van der Waals surface area contributed by atoms with Crippen LogP contribution in [0.4, 0.5) is 4.39 Å². The van der Waals surface area contributed by atoms with E-state index in [2.05, 4.69) is 10.2 Å². The van der Waals surface area contributed by atoms with Gasteiger partial charge in [0.15, 0.2) is 0 Å². The lowest BCUT2D eigenvalue weighted by atomic mass is 10.1. The van der Waals surface area contributed by atoms with Crippen molar-refractivity contribution in [2.45, 2.75) is 45.4 Å². The van der Waals surface area contributed by atoms with Gasteiger partial charge < -0.3 is 14.8 Å². The van der Waals surface area contributed by atoms with Crippen molar-refractivity contribution in [1.29, 1.82) is 0 Å². The quantitative estimate of drug-likeness (QED) is 0.464. The van der Waals surface area contributed by atoms with Gasteiger partial charge in [0.2, 0.25) is 11.8 Å². The first kappa shape index (κ1) is 25.9. The van der Waals surface area contributed by atoms with Crippen molar-refractivity contribution in [2.24, 2.45) is 0 Å². The molecule has 1 saturated heterocycles. The molecule has 1 N–H and O–H groups in total. The largest absolute Gasteiger partial charge is 0.494 e. The number of pyridine rings is 1. The van der Waals surface area contributed by atoms with Crippen LogP contribution in [0.2, 0.25) is 0 Å². The predicted molar refractivity (Wildman–Crippen MR) is 140 cm³/mol. The fraction of sp³-hybridized carbons (Fsp3) is 0.448. The van der Waals surface area contributed by atoms with Gasteiger partial charge in [0.1, 0.15) is 18.2 Å². The van der Waals surface area contributed by atoms with Crippen molar-refractivity contribution in [3.05, 3.63) is 65.6 Å². The van der Waals surface area contributed by atoms with E-state index in [1.54, 1.807) is 0 Å². The summed E-state index contributed by atoms with van der Waals surface area (Å²) in [4.78, 5) is 19.7. The lowest BCUT2D eigenvalue weighted by Crippen LogP contribution is -2.33. The molecule has 1 amide bonds. The number of aromatic nitrogens is 1. The summed E-state index contributed by atoms with van der Waals surface area (Å²) in [6.45, 7) is 6.51. The van der Waals surface area contributed by atoms with E-state index in [1.807, 2.05) is 49.4 Å². The van der Waals surface area contributed by atoms with Gasteiger partial charge in [0.25, 0.3) is 0 Å². The lowest BCUT2D eigenvalue weighted by Gasteiger charge is -2.26. The summed E-state index contributed by atoms with van der Waals surface area (Å²) in [7, 11) is 0. The van der Waals surface area contributed by atoms with Crippen molar-refractivity contribution in [2.75, 3.05) is 39.4 Å². The minimum atomic E-state index is -0.157. The number of hydrogen-bond donors (Lipinski definition) is 1. The zero-order chi connectivity index (χ0) is 25.2. The Bertz CT molecular complexity index is 1080. The topological polar surface area (TPSA) is 63.7 Å². The van der Waals surface area contributed by atoms with E-state index in [4.69, 9.17) is 14.5 Å². The molecule has 1 fully saturated rings. The summed E-state index contributed by atoms with van der Waals surface area (Å²) in [6.07, 6.45) is 8.46. The van der Waals surface area contributed by atoms with Crippen LogP contribution < -0.4 is 14.8 Å². The summed E-state index contributed by atoms with van der Waals surface area (Å²) in [5.41, 5.74) is 3.30. The molecule has 2 aromatic rings. The van der Waals surface area contributed by atoms with E-state index < -0.39 is 0 Å². The molecular formula is C29H36FN3O3. The maximum atomic E-state index is 13.5. The Morgan fingerprint density at radius 2 is 1.89 bits per heavy atom. The van der Waals surface area contributed by atoms with Gasteiger partial charge in [0, 0.05) is 25.1 Å². The second-order valence-electron chi connectivity index (χ2n) is 9.23. The van der Waals surface area contributed by atoms with Crippen LogP contribution in [0, 0.1) is 0 Å². The molecule has 2 heterocycles. The second kappa shape index (κ2) is 13.2. The van der Waals surface area contributed by atoms with Crippen LogP contribution in [-0.2, 0) is 11.2 Å². The van der Waals surface area contributed by atoms with E-state index in [9.17, 15) is 9.18 Å². The molecule has 7 heteroatoms. The number of likely N-dealkylation sites (tertiary alicyclic amines) is 1. The first-order valence-electron chi connectivity index (χ1n) is 13.0. The summed E-state index contributed by atoms with van der Waals surface area (Å²) >= 11 is 0. The Labute approximate surface area is 213 Å². The highest BCUT2D eigenvalue weighted by Gasteiger charge is 2.15. The molecule has 2 aliphatic rings. The Morgan fingerprint density at radius 3 is 2.64 bits per heavy atom. The highest BCUT2D eigenvalue weighted by molar-refractivity contribution is 5.79. The Hall–Kier alpha value is -3.19. The summed E-state index contributed by atoms with van der Waals surface area (Å²) in [5, 5.41) is 2.87. The molecule has 0 radical (unpaired) electrons. The second-order valence-corrected chi connectivity index (χ2v) is 9.23. The monoisotopic (exact) mass is 493 g/mol. The van der Waals surface area contributed by atoms with Crippen LogP contribution in [0.5, 0.6) is 11.6 Å². The number of nitrogens with one attached hydrogen (secondary N) is 1. The summed E-state index contributed by atoms with van der Waals surface area (Å²) in [5.74, 6) is 1.05. The Morgan fingerprint density at radius 1 is 1.08 bits per heavy atom. The van der Waals surface area contributed by atoms with Crippen molar-refractivity contribution >= 4 is 5.91 Å². The van der Waals surface area contributed by atoms with Crippen LogP contribution in [0.3, 0.4) is 0 Å². The standard InChI is InChI=1S/C29H36FN3O3/c1-2-35-26-12-9-23(10-13-26)27-14-11-25(20-28(34)31-21-22-7-6-8-24(30)19-22)32-29(27)36-18-17-33-15-4-3-5-16-33/h7,9-14,19H,2-6,8,15-18,20-21H2,1H3,(H,31,34). The summed E-state index contributed by atoms with van der Waals surface area (Å²) in [6, 6.07) is 11.7. The molecule has 1 aromatic heterocycles. The third-order valence-electron chi connectivity index (χ3n) is 6.45. The highest BCUT2D eigenvalue weighted by Crippen LogP contribution is 2.30. The first-order chi connectivity index (χ1) is 17.6. The fourth-order valence-electron chi connectivity index (χ4n) is 4.54. The normalized spacial score (nSPS) is 16.2. The van der Waals surface area contributed by atoms with E-state index in [1.165, 1.54) is 25.3 Å². The van der Waals surface area contributed by atoms with Crippen molar-refractivity contribution in [1.82, 2.24) is 15.2 Å². The number of piperidine rings is 1. The van der Waals surface area contributed by atoms with Crippen LogP contribution >= 0.6 is 0 Å². The number of benzene rings is 1. The fourth-order valence-corrected chi connectivity index (χ4v) is 4.54. The van der Waals surface area contributed by atoms with Crippen molar-refractivity contribution < 1.29 is 18.7 Å². The maximum Gasteiger partial charge on any atom is 0.226 e.